The number of ether oxygens (including phenoxy) is 3. The highest BCUT2D eigenvalue weighted by Crippen LogP contribution is 2.26. The number of carbonyl (C=O) groups excluding carboxylic acids is 2. The minimum atomic E-state index is -0.545. The Kier molecular flexibility index (Phi) is 6.89. The van der Waals surface area contributed by atoms with E-state index < -0.39 is 12.0 Å². The summed E-state index contributed by atoms with van der Waals surface area (Å²) in [6.45, 7) is 2.73. The fourth-order valence-corrected chi connectivity index (χ4v) is 3.18. The Hall–Kier alpha value is -3.28. The van der Waals surface area contributed by atoms with Crippen LogP contribution in [0.4, 0.5) is 0 Å². The molecule has 1 aliphatic heterocycles. The van der Waals surface area contributed by atoms with Crippen molar-refractivity contribution in [2.75, 3.05) is 13.7 Å². The zero-order valence-corrected chi connectivity index (χ0v) is 16.7. The first-order valence-electron chi connectivity index (χ1n) is 9.57. The number of benzene rings is 2. The molecule has 0 saturated heterocycles. The SMILES string of the molecule is CCOC(=O)[C@@H]1CC(C(=O)OCc2ccccc2)=CN1Cc1ccc(OC)cc1. The van der Waals surface area contributed by atoms with Gasteiger partial charge in [0.05, 0.1) is 19.3 Å². The Morgan fingerprint density at radius 1 is 1.00 bits per heavy atom. The molecule has 0 saturated carbocycles. The molecule has 3 rings (SSSR count). The number of carbonyl (C=O) groups is 2. The second-order valence-electron chi connectivity index (χ2n) is 6.71. The largest absolute Gasteiger partial charge is 0.497 e. The molecular formula is C23H25NO5. The van der Waals surface area contributed by atoms with Gasteiger partial charge < -0.3 is 19.1 Å². The molecule has 6 heteroatoms. The van der Waals surface area contributed by atoms with Crippen LogP contribution < -0.4 is 4.74 Å². The second-order valence-corrected chi connectivity index (χ2v) is 6.71. The minimum absolute atomic E-state index is 0.194. The summed E-state index contributed by atoms with van der Waals surface area (Å²) in [5.41, 5.74) is 2.37. The van der Waals surface area contributed by atoms with E-state index in [1.54, 1.807) is 20.2 Å². The lowest BCUT2D eigenvalue weighted by Crippen LogP contribution is -2.35. The molecule has 0 aliphatic carbocycles. The summed E-state index contributed by atoms with van der Waals surface area (Å²) in [5.74, 6) is 0.00124. The van der Waals surface area contributed by atoms with Crippen molar-refractivity contribution in [3.63, 3.8) is 0 Å². The van der Waals surface area contributed by atoms with Crippen LogP contribution >= 0.6 is 0 Å². The predicted molar refractivity (Wildman–Crippen MR) is 108 cm³/mol. The molecule has 152 valence electrons. The van der Waals surface area contributed by atoms with E-state index in [1.807, 2.05) is 59.5 Å². The fraction of sp³-hybridized carbons (Fsp3) is 0.304. The molecule has 0 amide bonds. The van der Waals surface area contributed by atoms with E-state index in [-0.39, 0.29) is 19.0 Å². The van der Waals surface area contributed by atoms with Gasteiger partial charge in [-0.3, -0.25) is 0 Å². The van der Waals surface area contributed by atoms with Crippen LogP contribution in [0.25, 0.3) is 0 Å². The lowest BCUT2D eigenvalue weighted by Gasteiger charge is -2.23. The van der Waals surface area contributed by atoms with Gasteiger partial charge in [-0.25, -0.2) is 9.59 Å². The number of methoxy groups -OCH3 is 1. The summed E-state index contributed by atoms with van der Waals surface area (Å²) in [7, 11) is 1.61. The molecule has 0 fully saturated rings. The van der Waals surface area contributed by atoms with Crippen LogP contribution in [0.1, 0.15) is 24.5 Å². The highest BCUT2D eigenvalue weighted by atomic mass is 16.5. The highest BCUT2D eigenvalue weighted by Gasteiger charge is 2.35. The van der Waals surface area contributed by atoms with Crippen molar-refractivity contribution in [1.29, 1.82) is 0 Å². The maximum Gasteiger partial charge on any atom is 0.335 e. The van der Waals surface area contributed by atoms with Gasteiger partial charge in [-0.1, -0.05) is 42.5 Å². The summed E-state index contributed by atoms with van der Waals surface area (Å²) >= 11 is 0. The van der Waals surface area contributed by atoms with Crippen molar-refractivity contribution in [2.24, 2.45) is 0 Å². The first-order chi connectivity index (χ1) is 14.1. The molecule has 29 heavy (non-hydrogen) atoms. The van der Waals surface area contributed by atoms with Gasteiger partial charge in [-0.05, 0) is 30.2 Å². The standard InChI is InChI=1S/C23H25NO5/c1-3-28-23(26)21-13-19(22(25)29-16-18-7-5-4-6-8-18)15-24(21)14-17-9-11-20(27-2)12-10-17/h4-12,15,21H,3,13-14,16H2,1-2H3/t21-/m0/s1. The van der Waals surface area contributed by atoms with E-state index >= 15 is 0 Å². The summed E-state index contributed by atoms with van der Waals surface area (Å²) in [5, 5.41) is 0. The number of hydrogen-bond donors (Lipinski definition) is 0. The molecule has 1 atom stereocenters. The third kappa shape index (κ3) is 5.38. The topological polar surface area (TPSA) is 65.1 Å². The molecule has 2 aromatic carbocycles. The van der Waals surface area contributed by atoms with Crippen LogP contribution in [0.3, 0.4) is 0 Å². The Labute approximate surface area is 170 Å². The third-order valence-electron chi connectivity index (χ3n) is 4.69. The molecule has 0 unspecified atom stereocenters. The molecule has 0 spiro atoms. The van der Waals surface area contributed by atoms with Crippen molar-refractivity contribution in [2.45, 2.75) is 32.5 Å². The van der Waals surface area contributed by atoms with Crippen molar-refractivity contribution in [3.8, 4) is 5.75 Å². The van der Waals surface area contributed by atoms with Gasteiger partial charge in [0.1, 0.15) is 18.4 Å². The van der Waals surface area contributed by atoms with Crippen LogP contribution in [-0.2, 0) is 32.2 Å². The van der Waals surface area contributed by atoms with E-state index in [2.05, 4.69) is 0 Å². The first kappa shape index (κ1) is 20.5. The monoisotopic (exact) mass is 395 g/mol. The van der Waals surface area contributed by atoms with Crippen molar-refractivity contribution in [1.82, 2.24) is 4.90 Å². The highest BCUT2D eigenvalue weighted by molar-refractivity contribution is 5.91. The molecular weight excluding hydrogens is 370 g/mol. The van der Waals surface area contributed by atoms with Crippen LogP contribution in [-0.4, -0.2) is 36.6 Å². The average Bonchev–Trinajstić information content (AvgIpc) is 3.17. The smallest absolute Gasteiger partial charge is 0.335 e. The molecule has 1 aliphatic rings. The molecule has 0 radical (unpaired) electrons. The lowest BCUT2D eigenvalue weighted by molar-refractivity contribution is -0.148. The van der Waals surface area contributed by atoms with E-state index in [0.29, 0.717) is 18.7 Å². The zero-order chi connectivity index (χ0) is 20.6. The molecule has 2 aromatic rings. The van der Waals surface area contributed by atoms with Crippen molar-refractivity contribution in [3.05, 3.63) is 77.5 Å². The van der Waals surface area contributed by atoms with Crippen molar-refractivity contribution >= 4 is 11.9 Å². The number of esters is 2. The predicted octanol–water partition coefficient (Wildman–Crippen LogP) is 3.46. The molecule has 1 heterocycles. The lowest BCUT2D eigenvalue weighted by atomic mass is 10.1. The van der Waals surface area contributed by atoms with Gasteiger partial charge in [-0.15, -0.1) is 0 Å². The van der Waals surface area contributed by atoms with E-state index in [9.17, 15) is 9.59 Å². The Morgan fingerprint density at radius 2 is 1.72 bits per heavy atom. The van der Waals surface area contributed by atoms with E-state index in [4.69, 9.17) is 14.2 Å². The minimum Gasteiger partial charge on any atom is -0.497 e. The Balaban J connectivity index is 1.70. The molecule has 0 aromatic heterocycles. The second kappa shape index (κ2) is 9.78. The van der Waals surface area contributed by atoms with Crippen LogP contribution in [0, 0.1) is 0 Å². The van der Waals surface area contributed by atoms with Gasteiger partial charge >= 0.3 is 11.9 Å². The molecule has 0 N–H and O–H groups in total. The van der Waals surface area contributed by atoms with Crippen LogP contribution in [0.2, 0.25) is 0 Å². The van der Waals surface area contributed by atoms with E-state index in [1.165, 1.54) is 0 Å². The van der Waals surface area contributed by atoms with Crippen molar-refractivity contribution < 1.29 is 23.8 Å². The summed E-state index contributed by atoms with van der Waals surface area (Å²) < 4.78 is 15.8. The van der Waals surface area contributed by atoms with E-state index in [0.717, 1.165) is 16.9 Å². The van der Waals surface area contributed by atoms with Crippen LogP contribution in [0.15, 0.2) is 66.4 Å². The Bertz CT molecular complexity index is 861. The van der Waals surface area contributed by atoms with Gasteiger partial charge in [0, 0.05) is 19.2 Å². The van der Waals surface area contributed by atoms with Gasteiger partial charge in [-0.2, -0.15) is 0 Å². The Morgan fingerprint density at radius 3 is 2.38 bits per heavy atom. The maximum absolute atomic E-state index is 12.5. The zero-order valence-electron chi connectivity index (χ0n) is 16.7. The average molecular weight is 395 g/mol. The molecule has 0 bridgehead atoms. The van der Waals surface area contributed by atoms with Gasteiger partial charge in [0.25, 0.3) is 0 Å². The number of nitrogens with zero attached hydrogens (tertiary/aromatic N) is 1. The van der Waals surface area contributed by atoms with Gasteiger partial charge in [0.15, 0.2) is 0 Å². The number of hydrogen-bond acceptors (Lipinski definition) is 6. The number of rotatable bonds is 8. The fourth-order valence-electron chi connectivity index (χ4n) is 3.18. The van der Waals surface area contributed by atoms with Crippen LogP contribution in [0.5, 0.6) is 5.75 Å². The summed E-state index contributed by atoms with van der Waals surface area (Å²) in [4.78, 5) is 26.8. The maximum atomic E-state index is 12.5. The quantitative estimate of drug-likeness (QED) is 0.638. The molecule has 6 nitrogen and oxygen atoms in total. The summed E-state index contributed by atoms with van der Waals surface area (Å²) in [6, 6.07) is 16.5. The summed E-state index contributed by atoms with van der Waals surface area (Å²) in [6.07, 6.45) is 1.97. The van der Waals surface area contributed by atoms with Gasteiger partial charge in [0.2, 0.25) is 0 Å². The third-order valence-corrected chi connectivity index (χ3v) is 4.69. The normalized spacial score (nSPS) is 15.6. The first-order valence-corrected chi connectivity index (χ1v) is 9.57.